The number of piperidine rings is 1. The number of benzene rings is 1. The quantitative estimate of drug-likeness (QED) is 0.539. The van der Waals surface area contributed by atoms with Crippen LogP contribution in [0.5, 0.6) is 11.6 Å². The Morgan fingerprint density at radius 3 is 2.69 bits per heavy atom. The number of carbonyl (C=O) groups is 1. The molecule has 1 fully saturated rings. The molecule has 32 heavy (non-hydrogen) atoms. The maximum absolute atomic E-state index is 12.7. The SMILES string of the molecule is COc1ccc([C@@H]2CN(c3cccnc3O)CC[C@H]2NC(=O)Nc2ccc(Cl)cc2)nc1. The highest BCUT2D eigenvalue weighted by Crippen LogP contribution is 2.33. The van der Waals surface area contributed by atoms with Crippen LogP contribution in [0.1, 0.15) is 18.0 Å². The van der Waals surface area contributed by atoms with E-state index in [4.69, 9.17) is 16.3 Å². The molecule has 2 atom stereocenters. The van der Waals surface area contributed by atoms with E-state index in [0.29, 0.717) is 41.7 Å². The minimum Gasteiger partial charge on any atom is -0.495 e. The van der Waals surface area contributed by atoms with Crippen LogP contribution in [0.3, 0.4) is 0 Å². The number of hydrogen-bond donors (Lipinski definition) is 3. The van der Waals surface area contributed by atoms with Crippen molar-refractivity contribution in [1.82, 2.24) is 15.3 Å². The van der Waals surface area contributed by atoms with Crippen LogP contribution in [0.25, 0.3) is 0 Å². The van der Waals surface area contributed by atoms with E-state index in [2.05, 4.69) is 25.5 Å². The first kappa shape index (κ1) is 21.7. The first-order valence-corrected chi connectivity index (χ1v) is 10.6. The van der Waals surface area contributed by atoms with Crippen LogP contribution in [-0.2, 0) is 0 Å². The zero-order valence-electron chi connectivity index (χ0n) is 17.5. The highest BCUT2D eigenvalue weighted by Gasteiger charge is 2.33. The van der Waals surface area contributed by atoms with Crippen molar-refractivity contribution < 1.29 is 14.6 Å². The minimum atomic E-state index is -0.298. The Morgan fingerprint density at radius 1 is 1.19 bits per heavy atom. The molecule has 1 aromatic carbocycles. The van der Waals surface area contributed by atoms with E-state index in [1.165, 1.54) is 0 Å². The van der Waals surface area contributed by atoms with Gasteiger partial charge in [-0.05, 0) is 55.0 Å². The minimum absolute atomic E-state index is 0.0131. The molecule has 0 spiro atoms. The lowest BCUT2D eigenvalue weighted by atomic mass is 9.88. The largest absolute Gasteiger partial charge is 0.495 e. The summed E-state index contributed by atoms with van der Waals surface area (Å²) in [5, 5.41) is 16.7. The van der Waals surface area contributed by atoms with Crippen molar-refractivity contribution >= 4 is 29.0 Å². The van der Waals surface area contributed by atoms with Crippen LogP contribution in [0.4, 0.5) is 16.2 Å². The molecule has 9 heteroatoms. The molecule has 0 bridgehead atoms. The molecule has 166 valence electrons. The number of pyridine rings is 2. The van der Waals surface area contributed by atoms with Crippen molar-refractivity contribution in [1.29, 1.82) is 0 Å². The fraction of sp³-hybridized carbons (Fsp3) is 0.261. The molecule has 1 aliphatic rings. The highest BCUT2D eigenvalue weighted by atomic mass is 35.5. The lowest BCUT2D eigenvalue weighted by Crippen LogP contribution is -2.51. The Bertz CT molecular complexity index is 1060. The third kappa shape index (κ3) is 5.03. The van der Waals surface area contributed by atoms with Crippen LogP contribution < -0.4 is 20.3 Å². The first-order chi connectivity index (χ1) is 15.5. The molecular weight excluding hydrogens is 430 g/mol. The predicted molar refractivity (Wildman–Crippen MR) is 124 cm³/mol. The van der Waals surface area contributed by atoms with Crippen molar-refractivity contribution in [3.63, 3.8) is 0 Å². The number of halogens is 1. The summed E-state index contributed by atoms with van der Waals surface area (Å²) < 4.78 is 5.23. The summed E-state index contributed by atoms with van der Waals surface area (Å²) in [5.74, 6) is 0.544. The van der Waals surface area contributed by atoms with Crippen LogP contribution >= 0.6 is 11.6 Å². The number of rotatable bonds is 5. The second kappa shape index (κ2) is 9.74. The fourth-order valence-electron chi connectivity index (χ4n) is 3.88. The van der Waals surface area contributed by atoms with Gasteiger partial charge in [0.1, 0.15) is 5.75 Å². The summed E-state index contributed by atoms with van der Waals surface area (Å²) in [4.78, 5) is 23.3. The topological polar surface area (TPSA) is 99.6 Å². The molecule has 1 saturated heterocycles. The lowest BCUT2D eigenvalue weighted by Gasteiger charge is -2.39. The van der Waals surface area contributed by atoms with E-state index < -0.39 is 0 Å². The third-order valence-electron chi connectivity index (χ3n) is 5.51. The van der Waals surface area contributed by atoms with Gasteiger partial charge in [-0.15, -0.1) is 0 Å². The summed E-state index contributed by atoms with van der Waals surface area (Å²) in [7, 11) is 1.59. The highest BCUT2D eigenvalue weighted by molar-refractivity contribution is 6.30. The number of anilines is 2. The number of carbonyl (C=O) groups excluding carboxylic acids is 1. The number of nitrogens with zero attached hydrogens (tertiary/aromatic N) is 3. The summed E-state index contributed by atoms with van der Waals surface area (Å²) in [6.07, 6.45) is 3.89. The molecule has 0 unspecified atom stereocenters. The van der Waals surface area contributed by atoms with Gasteiger partial charge >= 0.3 is 6.03 Å². The predicted octanol–water partition coefficient (Wildman–Crippen LogP) is 4.03. The maximum Gasteiger partial charge on any atom is 0.319 e. The molecule has 3 aromatic rings. The van der Waals surface area contributed by atoms with E-state index in [9.17, 15) is 9.90 Å². The number of aromatic nitrogens is 2. The average molecular weight is 454 g/mol. The van der Waals surface area contributed by atoms with Gasteiger partial charge in [-0.1, -0.05) is 11.6 Å². The van der Waals surface area contributed by atoms with Crippen LogP contribution in [-0.4, -0.2) is 47.3 Å². The van der Waals surface area contributed by atoms with Gasteiger partial charge in [-0.25, -0.2) is 9.78 Å². The normalized spacial score (nSPS) is 18.1. The van der Waals surface area contributed by atoms with E-state index in [-0.39, 0.29) is 23.9 Å². The molecule has 4 rings (SSSR count). The smallest absolute Gasteiger partial charge is 0.319 e. The van der Waals surface area contributed by atoms with Gasteiger partial charge in [0.15, 0.2) is 0 Å². The Kier molecular flexibility index (Phi) is 6.61. The van der Waals surface area contributed by atoms with Gasteiger partial charge in [0, 0.05) is 47.7 Å². The van der Waals surface area contributed by atoms with Gasteiger partial charge in [-0.3, -0.25) is 4.98 Å². The van der Waals surface area contributed by atoms with Crippen LogP contribution in [0.15, 0.2) is 60.9 Å². The molecular formula is C23H24ClN5O3. The zero-order chi connectivity index (χ0) is 22.5. The number of ether oxygens (including phenoxy) is 1. The molecule has 2 aromatic heterocycles. The average Bonchev–Trinajstić information content (AvgIpc) is 2.81. The summed E-state index contributed by atoms with van der Waals surface area (Å²) >= 11 is 5.92. The van der Waals surface area contributed by atoms with Crippen molar-refractivity contribution in [3.8, 4) is 11.6 Å². The van der Waals surface area contributed by atoms with E-state index in [1.54, 1.807) is 49.8 Å². The third-order valence-corrected chi connectivity index (χ3v) is 5.76. The second-order valence-corrected chi connectivity index (χ2v) is 7.96. The Hall–Kier alpha value is -3.52. The molecule has 3 N–H and O–H groups in total. The van der Waals surface area contributed by atoms with Crippen molar-refractivity contribution in [2.75, 3.05) is 30.4 Å². The number of methoxy groups -OCH3 is 1. The number of hydrogen-bond acceptors (Lipinski definition) is 6. The Balaban J connectivity index is 1.53. The van der Waals surface area contributed by atoms with Gasteiger partial charge in [0.05, 0.1) is 19.0 Å². The number of nitrogens with one attached hydrogen (secondary N) is 2. The number of aromatic hydroxyl groups is 1. The molecule has 0 aliphatic carbocycles. The van der Waals surface area contributed by atoms with E-state index in [0.717, 1.165) is 5.69 Å². The van der Waals surface area contributed by atoms with Crippen molar-refractivity contribution in [3.05, 3.63) is 71.6 Å². The Labute approximate surface area is 191 Å². The summed E-state index contributed by atoms with van der Waals surface area (Å²) in [5.41, 5.74) is 2.15. The second-order valence-electron chi connectivity index (χ2n) is 7.52. The van der Waals surface area contributed by atoms with Crippen molar-refractivity contribution in [2.24, 2.45) is 0 Å². The molecule has 2 amide bonds. The zero-order valence-corrected chi connectivity index (χ0v) is 18.3. The maximum atomic E-state index is 12.7. The first-order valence-electron chi connectivity index (χ1n) is 10.3. The van der Waals surface area contributed by atoms with Gasteiger partial charge < -0.3 is 25.4 Å². The van der Waals surface area contributed by atoms with Gasteiger partial charge in [0.25, 0.3) is 0 Å². The molecule has 0 saturated carbocycles. The van der Waals surface area contributed by atoms with E-state index in [1.807, 2.05) is 18.2 Å². The fourth-order valence-corrected chi connectivity index (χ4v) is 4.01. The lowest BCUT2D eigenvalue weighted by molar-refractivity contribution is 0.243. The number of urea groups is 1. The van der Waals surface area contributed by atoms with Gasteiger partial charge in [-0.2, -0.15) is 0 Å². The monoisotopic (exact) mass is 453 g/mol. The summed E-state index contributed by atoms with van der Waals surface area (Å²) in [6.45, 7) is 1.21. The standard InChI is InChI=1S/C23H24ClN5O3/c1-32-17-8-9-19(26-13-17)18-14-29(21-3-2-11-25-22(21)30)12-10-20(18)28-23(31)27-16-6-4-15(24)5-7-16/h2-9,11,13,18,20H,10,12,14H2,1H3,(H,25,30)(H2,27,28,31)/t18-,20+/m0/s1. The van der Waals surface area contributed by atoms with Crippen LogP contribution in [0.2, 0.25) is 5.02 Å². The molecule has 1 aliphatic heterocycles. The number of amides is 2. The van der Waals surface area contributed by atoms with Gasteiger partial charge in [0.2, 0.25) is 5.88 Å². The molecule has 8 nitrogen and oxygen atoms in total. The molecule has 3 heterocycles. The summed E-state index contributed by atoms with van der Waals surface area (Å²) in [6, 6.07) is 13.9. The van der Waals surface area contributed by atoms with Crippen molar-refractivity contribution in [2.45, 2.75) is 18.4 Å². The Morgan fingerprint density at radius 2 is 2.00 bits per heavy atom. The molecule has 0 radical (unpaired) electrons. The van der Waals surface area contributed by atoms with Crippen LogP contribution in [0, 0.1) is 0 Å². The van der Waals surface area contributed by atoms with E-state index >= 15 is 0 Å².